The van der Waals surface area contributed by atoms with E-state index in [0.29, 0.717) is 17.5 Å². The Morgan fingerprint density at radius 3 is 2.60 bits per heavy atom. The molecule has 35 heavy (non-hydrogen) atoms. The molecule has 5 rings (SSSR count). The summed E-state index contributed by atoms with van der Waals surface area (Å²) in [4.78, 5) is 2.53. The molecule has 0 spiro atoms. The second-order valence-corrected chi connectivity index (χ2v) is 12.9. The normalized spacial score (nSPS) is 32.1. The molecule has 0 radical (unpaired) electrons. The predicted octanol–water partition coefficient (Wildman–Crippen LogP) is 3.86. The Bertz CT molecular complexity index is 1130. The summed E-state index contributed by atoms with van der Waals surface area (Å²) in [5, 5.41) is 16.0. The summed E-state index contributed by atoms with van der Waals surface area (Å²) < 4.78 is 29.6. The van der Waals surface area contributed by atoms with E-state index in [0.717, 1.165) is 58.0 Å². The van der Waals surface area contributed by atoms with Gasteiger partial charge in [-0.05, 0) is 73.1 Å². The van der Waals surface area contributed by atoms with Crippen LogP contribution >= 0.6 is 0 Å². The van der Waals surface area contributed by atoms with Crippen molar-refractivity contribution in [1.82, 2.24) is 4.90 Å². The van der Waals surface area contributed by atoms with Crippen molar-refractivity contribution in [1.29, 1.82) is 0 Å². The number of primary sulfonamides is 1. The van der Waals surface area contributed by atoms with Crippen molar-refractivity contribution in [2.45, 2.75) is 73.2 Å². The maximum Gasteiger partial charge on any atom is 0.218 e. The summed E-state index contributed by atoms with van der Waals surface area (Å²) in [6.45, 7) is 1.76. The van der Waals surface area contributed by atoms with E-state index in [1.807, 2.05) is 18.2 Å². The molecule has 2 saturated carbocycles. The van der Waals surface area contributed by atoms with Gasteiger partial charge < -0.3 is 9.84 Å². The molecule has 190 valence electrons. The van der Waals surface area contributed by atoms with Crippen molar-refractivity contribution in [3.8, 4) is 0 Å². The van der Waals surface area contributed by atoms with Gasteiger partial charge in [-0.25, -0.2) is 13.6 Å². The van der Waals surface area contributed by atoms with E-state index in [9.17, 15) is 13.5 Å². The van der Waals surface area contributed by atoms with Gasteiger partial charge in [-0.3, -0.25) is 4.90 Å². The summed E-state index contributed by atoms with van der Waals surface area (Å²) in [6, 6.07) is 19.0. The van der Waals surface area contributed by atoms with E-state index < -0.39 is 20.9 Å². The molecule has 2 aliphatic carbocycles. The van der Waals surface area contributed by atoms with Crippen LogP contribution in [0.1, 0.15) is 72.8 Å². The average molecular weight is 499 g/mol. The molecule has 3 aliphatic rings. The Kier molecular flexibility index (Phi) is 6.83. The van der Waals surface area contributed by atoms with Gasteiger partial charge in [0, 0.05) is 19.7 Å². The molecule has 3 N–H and O–H groups in total. The summed E-state index contributed by atoms with van der Waals surface area (Å²) in [6.07, 6.45) is 7.17. The lowest BCUT2D eigenvalue weighted by molar-refractivity contribution is -0.0930. The van der Waals surface area contributed by atoms with E-state index >= 15 is 0 Å². The van der Waals surface area contributed by atoms with Gasteiger partial charge in [-0.2, -0.15) is 0 Å². The topological polar surface area (TPSA) is 92.9 Å². The zero-order valence-corrected chi connectivity index (χ0v) is 21.4. The number of hydrogen-bond donors (Lipinski definition) is 2. The molecule has 3 unspecified atom stereocenters. The Morgan fingerprint density at radius 2 is 1.89 bits per heavy atom. The van der Waals surface area contributed by atoms with Gasteiger partial charge in [-0.1, -0.05) is 61.0 Å². The van der Waals surface area contributed by atoms with Crippen LogP contribution in [0.3, 0.4) is 0 Å². The third-order valence-electron chi connectivity index (χ3n) is 8.82. The molecular formula is C28H38N2O4S. The number of nitrogens with zero attached hydrogens (tertiary/aromatic N) is 1. The van der Waals surface area contributed by atoms with Gasteiger partial charge in [0.25, 0.3) is 0 Å². The first-order valence-electron chi connectivity index (χ1n) is 12.8. The Labute approximate surface area is 209 Å². The highest BCUT2D eigenvalue weighted by Gasteiger charge is 2.49. The number of nitrogens with two attached hydrogens (primary N) is 1. The van der Waals surface area contributed by atoms with Gasteiger partial charge in [0.15, 0.2) is 0 Å². The fourth-order valence-electron chi connectivity index (χ4n) is 6.95. The molecule has 2 aromatic rings. The number of piperidine rings is 1. The summed E-state index contributed by atoms with van der Waals surface area (Å²) in [5.74, 6) is 0.457. The average Bonchev–Trinajstić information content (AvgIpc) is 2.83. The van der Waals surface area contributed by atoms with Crippen LogP contribution in [0.25, 0.3) is 0 Å². The fraction of sp³-hybridized carbons (Fsp3) is 0.571. The maximum atomic E-state index is 12.2. The minimum absolute atomic E-state index is 0.0498. The SMILES string of the molecule is COCC(c1cccc(C23CCCC(C2)N(CC2(O)CC(c4ccccc4)C2)CC3)c1)S(N)(=O)=O. The minimum atomic E-state index is -3.76. The standard InChI is InChI=1S/C28H38N2O4S/c1-34-19-26(35(29,32)33)22-9-5-10-24(15-22)27-12-6-11-25(18-27)30(14-13-27)20-28(31)16-23(17-28)21-7-3-2-4-8-21/h2-5,7-10,15,23,25-26,31H,6,11-14,16-20H2,1H3,(H2,29,32,33). The highest BCUT2D eigenvalue weighted by atomic mass is 32.2. The number of likely N-dealkylation sites (tertiary alicyclic amines) is 1. The van der Waals surface area contributed by atoms with Crippen molar-refractivity contribution in [2.75, 3.05) is 26.8 Å². The molecule has 1 heterocycles. The molecule has 1 saturated heterocycles. The van der Waals surface area contributed by atoms with E-state index in [2.05, 4.69) is 41.3 Å². The smallest absolute Gasteiger partial charge is 0.218 e. The summed E-state index contributed by atoms with van der Waals surface area (Å²) in [7, 11) is -2.26. The Balaban J connectivity index is 1.29. The van der Waals surface area contributed by atoms with Crippen LogP contribution in [-0.4, -0.2) is 56.9 Å². The summed E-state index contributed by atoms with van der Waals surface area (Å²) >= 11 is 0. The number of aliphatic hydroxyl groups is 1. The van der Waals surface area contributed by atoms with Gasteiger partial charge in [0.1, 0.15) is 5.25 Å². The molecule has 2 bridgehead atoms. The molecule has 7 heteroatoms. The first kappa shape index (κ1) is 24.9. The van der Waals surface area contributed by atoms with E-state index in [-0.39, 0.29) is 12.0 Å². The van der Waals surface area contributed by atoms with Crippen molar-refractivity contribution in [2.24, 2.45) is 5.14 Å². The quantitative estimate of drug-likeness (QED) is 0.577. The van der Waals surface area contributed by atoms with Crippen LogP contribution in [0.2, 0.25) is 0 Å². The Hall–Kier alpha value is -1.77. The highest BCUT2D eigenvalue weighted by molar-refractivity contribution is 7.89. The van der Waals surface area contributed by atoms with E-state index in [1.54, 1.807) is 0 Å². The molecule has 2 aromatic carbocycles. The fourth-order valence-corrected chi connectivity index (χ4v) is 7.80. The number of sulfonamides is 1. The lowest BCUT2D eigenvalue weighted by atomic mass is 9.62. The van der Waals surface area contributed by atoms with Crippen molar-refractivity contribution in [3.63, 3.8) is 0 Å². The predicted molar refractivity (Wildman–Crippen MR) is 138 cm³/mol. The third-order valence-corrected chi connectivity index (χ3v) is 10.0. The second kappa shape index (κ2) is 9.60. The molecule has 0 amide bonds. The van der Waals surface area contributed by atoms with Gasteiger partial charge in [0.05, 0.1) is 12.2 Å². The monoisotopic (exact) mass is 498 g/mol. The number of β-amino-alcohol motifs (C(OH)–C–C–N with tert-alkyl or cyclic N) is 1. The number of benzene rings is 2. The highest BCUT2D eigenvalue weighted by Crippen LogP contribution is 2.50. The van der Waals surface area contributed by atoms with Gasteiger partial charge >= 0.3 is 0 Å². The number of methoxy groups -OCH3 is 1. The van der Waals surface area contributed by atoms with E-state index in [1.165, 1.54) is 18.2 Å². The van der Waals surface area contributed by atoms with Crippen LogP contribution in [0.4, 0.5) is 0 Å². The van der Waals surface area contributed by atoms with Crippen LogP contribution in [-0.2, 0) is 20.2 Å². The zero-order valence-electron chi connectivity index (χ0n) is 20.6. The minimum Gasteiger partial charge on any atom is -0.389 e. The van der Waals surface area contributed by atoms with Gasteiger partial charge in [0.2, 0.25) is 10.0 Å². The summed E-state index contributed by atoms with van der Waals surface area (Å²) in [5.41, 5.74) is 2.72. The number of fused-ring (bicyclic) bond motifs is 2. The molecule has 6 nitrogen and oxygen atoms in total. The zero-order chi connectivity index (χ0) is 24.7. The van der Waals surface area contributed by atoms with E-state index in [4.69, 9.17) is 9.88 Å². The molecule has 3 fully saturated rings. The first-order chi connectivity index (χ1) is 16.7. The van der Waals surface area contributed by atoms with Crippen molar-refractivity contribution in [3.05, 3.63) is 71.3 Å². The molecule has 0 aromatic heterocycles. The second-order valence-electron chi connectivity index (χ2n) is 11.1. The van der Waals surface area contributed by atoms with Crippen LogP contribution in [0, 0.1) is 0 Å². The van der Waals surface area contributed by atoms with Crippen LogP contribution in [0.15, 0.2) is 54.6 Å². The lowest BCUT2D eigenvalue weighted by Crippen LogP contribution is -2.58. The lowest BCUT2D eigenvalue weighted by Gasteiger charge is -2.54. The first-order valence-corrected chi connectivity index (χ1v) is 14.4. The van der Waals surface area contributed by atoms with Crippen molar-refractivity contribution < 1.29 is 18.3 Å². The Morgan fingerprint density at radius 1 is 1.11 bits per heavy atom. The maximum absolute atomic E-state index is 12.2. The molecule has 1 aliphatic heterocycles. The third kappa shape index (κ3) is 5.07. The van der Waals surface area contributed by atoms with Crippen LogP contribution < -0.4 is 5.14 Å². The van der Waals surface area contributed by atoms with Crippen molar-refractivity contribution >= 4 is 10.0 Å². The number of hydrogen-bond acceptors (Lipinski definition) is 5. The molecular weight excluding hydrogens is 460 g/mol. The largest absolute Gasteiger partial charge is 0.389 e. The number of rotatable bonds is 8. The van der Waals surface area contributed by atoms with Gasteiger partial charge in [-0.15, -0.1) is 0 Å². The molecule has 3 atom stereocenters. The number of ether oxygens (including phenoxy) is 1. The van der Waals surface area contributed by atoms with Crippen LogP contribution in [0.5, 0.6) is 0 Å².